The molecule has 2 N–H and O–H groups in total. The predicted molar refractivity (Wildman–Crippen MR) is 68.8 cm³/mol. The molecule has 2 atom stereocenters. The SMILES string of the molecule is CC(C(=O)O)=C(C)C(=O)NN1C(C)CCCC1C. The molecule has 1 heterocycles. The second-order valence-electron chi connectivity index (χ2n) is 5.03. The van der Waals surface area contributed by atoms with Crippen LogP contribution in [0, 0.1) is 0 Å². The molecule has 0 aromatic rings. The number of hydrogen-bond acceptors (Lipinski definition) is 3. The number of nitrogens with zero attached hydrogens (tertiary/aromatic N) is 1. The second kappa shape index (κ2) is 6.00. The molecule has 0 aromatic heterocycles. The molecule has 18 heavy (non-hydrogen) atoms. The van der Waals surface area contributed by atoms with E-state index < -0.39 is 5.97 Å². The number of carboxylic acids is 1. The van der Waals surface area contributed by atoms with Crippen LogP contribution < -0.4 is 5.43 Å². The summed E-state index contributed by atoms with van der Waals surface area (Å²) in [5.41, 5.74) is 3.17. The first-order valence-electron chi connectivity index (χ1n) is 6.34. The van der Waals surface area contributed by atoms with Crippen molar-refractivity contribution in [2.45, 2.75) is 59.0 Å². The Kier molecular flexibility index (Phi) is 4.90. The third-order valence-corrected chi connectivity index (χ3v) is 3.65. The van der Waals surface area contributed by atoms with Gasteiger partial charge in [0.1, 0.15) is 0 Å². The van der Waals surface area contributed by atoms with E-state index in [0.717, 1.165) is 19.3 Å². The lowest BCUT2D eigenvalue weighted by Gasteiger charge is -2.38. The molecule has 1 fully saturated rings. The lowest BCUT2D eigenvalue weighted by atomic mass is 10.00. The smallest absolute Gasteiger partial charge is 0.331 e. The number of rotatable bonds is 3. The molecule has 1 amide bonds. The highest BCUT2D eigenvalue weighted by atomic mass is 16.4. The van der Waals surface area contributed by atoms with E-state index in [2.05, 4.69) is 19.3 Å². The van der Waals surface area contributed by atoms with Crippen molar-refractivity contribution >= 4 is 11.9 Å². The molecule has 0 saturated carbocycles. The fraction of sp³-hybridized carbons (Fsp3) is 0.692. The minimum Gasteiger partial charge on any atom is -0.478 e. The van der Waals surface area contributed by atoms with Crippen LogP contribution in [-0.2, 0) is 9.59 Å². The van der Waals surface area contributed by atoms with Gasteiger partial charge in [-0.3, -0.25) is 10.2 Å². The van der Waals surface area contributed by atoms with Crippen molar-refractivity contribution in [1.29, 1.82) is 0 Å². The van der Waals surface area contributed by atoms with Gasteiger partial charge in [-0.2, -0.15) is 0 Å². The van der Waals surface area contributed by atoms with Gasteiger partial charge in [0, 0.05) is 23.2 Å². The molecular formula is C13H22N2O3. The molecule has 1 aliphatic heterocycles. The van der Waals surface area contributed by atoms with Crippen LogP contribution in [0.2, 0.25) is 0 Å². The second-order valence-corrected chi connectivity index (χ2v) is 5.03. The molecule has 5 heteroatoms. The summed E-state index contributed by atoms with van der Waals surface area (Å²) in [4.78, 5) is 22.8. The lowest BCUT2D eigenvalue weighted by Crippen LogP contribution is -2.54. The molecular weight excluding hydrogens is 232 g/mol. The molecule has 1 aliphatic rings. The molecule has 2 unspecified atom stereocenters. The Morgan fingerprint density at radius 3 is 2.06 bits per heavy atom. The van der Waals surface area contributed by atoms with Crippen molar-refractivity contribution in [3.63, 3.8) is 0 Å². The van der Waals surface area contributed by atoms with Crippen LogP contribution in [0.4, 0.5) is 0 Å². The number of nitrogens with one attached hydrogen (secondary N) is 1. The van der Waals surface area contributed by atoms with E-state index in [1.807, 2.05) is 5.01 Å². The first-order chi connectivity index (χ1) is 8.34. The number of hydrazine groups is 1. The Labute approximate surface area is 108 Å². The normalized spacial score (nSPS) is 26.4. The minimum absolute atomic E-state index is 0.0878. The highest BCUT2D eigenvalue weighted by molar-refractivity contribution is 6.01. The molecule has 0 aliphatic carbocycles. The van der Waals surface area contributed by atoms with E-state index in [1.54, 1.807) is 0 Å². The van der Waals surface area contributed by atoms with Gasteiger partial charge in [-0.1, -0.05) is 6.42 Å². The van der Waals surface area contributed by atoms with E-state index in [4.69, 9.17) is 5.11 Å². The third-order valence-electron chi connectivity index (χ3n) is 3.65. The number of hydrogen-bond donors (Lipinski definition) is 2. The molecule has 0 spiro atoms. The maximum absolute atomic E-state index is 12.0. The Morgan fingerprint density at radius 1 is 1.11 bits per heavy atom. The summed E-state index contributed by atoms with van der Waals surface area (Å²) in [6.07, 6.45) is 3.26. The fourth-order valence-corrected chi connectivity index (χ4v) is 2.17. The highest BCUT2D eigenvalue weighted by Crippen LogP contribution is 2.20. The van der Waals surface area contributed by atoms with E-state index in [1.165, 1.54) is 13.8 Å². The van der Waals surface area contributed by atoms with Crippen LogP contribution >= 0.6 is 0 Å². The minimum atomic E-state index is -1.05. The predicted octanol–water partition coefficient (Wildman–Crippen LogP) is 1.70. The van der Waals surface area contributed by atoms with Gasteiger partial charge in [0.25, 0.3) is 5.91 Å². The van der Waals surface area contributed by atoms with Gasteiger partial charge in [0.2, 0.25) is 0 Å². The Hall–Kier alpha value is -1.36. The topological polar surface area (TPSA) is 69.6 Å². The number of carboxylic acid groups (broad SMARTS) is 1. The summed E-state index contributed by atoms with van der Waals surface area (Å²) >= 11 is 0. The first-order valence-corrected chi connectivity index (χ1v) is 6.34. The van der Waals surface area contributed by atoms with Gasteiger partial charge >= 0.3 is 5.97 Å². The molecule has 1 rings (SSSR count). The van der Waals surface area contributed by atoms with Gasteiger partial charge in [-0.15, -0.1) is 0 Å². The number of piperidine rings is 1. The van der Waals surface area contributed by atoms with Crippen LogP contribution in [0.25, 0.3) is 0 Å². The van der Waals surface area contributed by atoms with Crippen molar-refractivity contribution < 1.29 is 14.7 Å². The van der Waals surface area contributed by atoms with Crippen LogP contribution in [0.15, 0.2) is 11.1 Å². The van der Waals surface area contributed by atoms with Crippen LogP contribution in [0.5, 0.6) is 0 Å². The summed E-state index contributed by atoms with van der Waals surface area (Å²) in [5, 5.41) is 10.8. The van der Waals surface area contributed by atoms with Gasteiger partial charge in [0.15, 0.2) is 0 Å². The fourth-order valence-electron chi connectivity index (χ4n) is 2.17. The summed E-state index contributed by atoms with van der Waals surface area (Å²) in [7, 11) is 0. The zero-order chi connectivity index (χ0) is 13.9. The zero-order valence-corrected chi connectivity index (χ0v) is 11.5. The summed E-state index contributed by atoms with van der Waals surface area (Å²) < 4.78 is 0. The van der Waals surface area contributed by atoms with Crippen molar-refractivity contribution in [2.75, 3.05) is 0 Å². The maximum atomic E-state index is 12.0. The largest absolute Gasteiger partial charge is 0.478 e. The molecule has 0 aromatic carbocycles. The van der Waals surface area contributed by atoms with E-state index in [-0.39, 0.29) is 29.1 Å². The van der Waals surface area contributed by atoms with E-state index >= 15 is 0 Å². The van der Waals surface area contributed by atoms with Gasteiger partial charge in [-0.05, 0) is 40.5 Å². The monoisotopic (exact) mass is 254 g/mol. The quantitative estimate of drug-likeness (QED) is 0.752. The van der Waals surface area contributed by atoms with Crippen molar-refractivity contribution in [2.24, 2.45) is 0 Å². The maximum Gasteiger partial charge on any atom is 0.331 e. The van der Waals surface area contributed by atoms with Crippen LogP contribution in [-0.4, -0.2) is 34.1 Å². The molecule has 0 bridgehead atoms. The standard InChI is InChI=1S/C13H22N2O3/c1-8-6-5-7-9(2)15(8)14-12(16)10(3)11(4)13(17)18/h8-9H,5-7H2,1-4H3,(H,14,16)(H,17,18). The van der Waals surface area contributed by atoms with Gasteiger partial charge < -0.3 is 5.11 Å². The van der Waals surface area contributed by atoms with Gasteiger partial charge in [0.05, 0.1) is 0 Å². The Bertz CT molecular complexity index is 366. The Balaban J connectivity index is 2.75. The molecule has 5 nitrogen and oxygen atoms in total. The number of aliphatic carboxylic acids is 1. The van der Waals surface area contributed by atoms with Crippen LogP contribution in [0.3, 0.4) is 0 Å². The van der Waals surface area contributed by atoms with Gasteiger partial charge in [-0.25, -0.2) is 9.80 Å². The first kappa shape index (κ1) is 14.7. The molecule has 1 saturated heterocycles. The number of carbonyl (C=O) groups is 2. The summed E-state index contributed by atoms with van der Waals surface area (Å²) in [6.45, 7) is 7.12. The number of amides is 1. The zero-order valence-electron chi connectivity index (χ0n) is 11.5. The summed E-state index contributed by atoms with van der Waals surface area (Å²) in [6, 6.07) is 0.575. The van der Waals surface area contributed by atoms with E-state index in [9.17, 15) is 9.59 Å². The highest BCUT2D eigenvalue weighted by Gasteiger charge is 2.26. The van der Waals surface area contributed by atoms with Crippen molar-refractivity contribution in [3.8, 4) is 0 Å². The lowest BCUT2D eigenvalue weighted by molar-refractivity contribution is -0.133. The van der Waals surface area contributed by atoms with Crippen LogP contribution in [0.1, 0.15) is 47.0 Å². The Morgan fingerprint density at radius 2 is 1.61 bits per heavy atom. The summed E-state index contributed by atoms with van der Waals surface area (Å²) in [5.74, 6) is -1.38. The average Bonchev–Trinajstić information content (AvgIpc) is 2.31. The number of carbonyl (C=O) groups excluding carboxylic acids is 1. The van der Waals surface area contributed by atoms with Crippen molar-refractivity contribution in [1.82, 2.24) is 10.4 Å². The van der Waals surface area contributed by atoms with E-state index in [0.29, 0.717) is 0 Å². The third kappa shape index (κ3) is 3.32. The average molecular weight is 254 g/mol. The molecule has 102 valence electrons. The van der Waals surface area contributed by atoms with Crippen molar-refractivity contribution in [3.05, 3.63) is 11.1 Å². The molecule has 0 radical (unpaired) electrons.